The summed E-state index contributed by atoms with van der Waals surface area (Å²) in [6.45, 7) is 4.45. The van der Waals surface area contributed by atoms with Crippen LogP contribution in [0.5, 0.6) is 0 Å². The van der Waals surface area contributed by atoms with Crippen molar-refractivity contribution < 1.29 is 17.9 Å². The average molecular weight is 316 g/mol. The van der Waals surface area contributed by atoms with Gasteiger partial charge in [-0.25, -0.2) is 13.1 Å². The van der Waals surface area contributed by atoms with E-state index >= 15 is 0 Å². The van der Waals surface area contributed by atoms with Gasteiger partial charge in [-0.1, -0.05) is 6.92 Å². The highest BCUT2D eigenvalue weighted by atomic mass is 32.2. The second-order valence-electron chi connectivity index (χ2n) is 4.45. The van der Waals surface area contributed by atoms with Crippen LogP contribution in [0.2, 0.25) is 0 Å². The molecule has 0 aliphatic heterocycles. The Labute approximate surface area is 126 Å². The van der Waals surface area contributed by atoms with E-state index in [1.165, 1.54) is 0 Å². The summed E-state index contributed by atoms with van der Waals surface area (Å²) in [4.78, 5) is 0.251. The average Bonchev–Trinajstić information content (AvgIpc) is 2.49. The molecule has 1 aromatic rings. The lowest BCUT2D eigenvalue weighted by Crippen LogP contribution is -2.27. The molecule has 21 heavy (non-hydrogen) atoms. The van der Waals surface area contributed by atoms with Crippen molar-refractivity contribution in [1.82, 2.24) is 4.72 Å². The first-order valence-corrected chi connectivity index (χ1v) is 8.48. The molecule has 0 bridgehead atoms. The Bertz CT molecular complexity index is 488. The summed E-state index contributed by atoms with van der Waals surface area (Å²) in [5.74, 6) is 0. The molecule has 0 spiro atoms. The van der Waals surface area contributed by atoms with Crippen molar-refractivity contribution in [3.8, 4) is 0 Å². The number of hydrogen-bond donors (Lipinski definition) is 2. The largest absolute Gasteiger partial charge is 0.385 e. The van der Waals surface area contributed by atoms with E-state index in [2.05, 4.69) is 17.0 Å². The molecule has 0 unspecified atom stereocenters. The highest BCUT2D eigenvalue weighted by Crippen LogP contribution is 2.13. The zero-order valence-electron chi connectivity index (χ0n) is 12.6. The van der Waals surface area contributed by atoms with Crippen molar-refractivity contribution in [2.75, 3.05) is 45.3 Å². The molecule has 0 atom stereocenters. The fourth-order valence-electron chi connectivity index (χ4n) is 1.60. The summed E-state index contributed by atoms with van der Waals surface area (Å²) >= 11 is 0. The Kier molecular flexibility index (Phi) is 8.29. The van der Waals surface area contributed by atoms with E-state index in [1.54, 1.807) is 31.4 Å². The molecule has 0 radical (unpaired) electrons. The van der Waals surface area contributed by atoms with Crippen LogP contribution in [0, 0.1) is 0 Å². The van der Waals surface area contributed by atoms with E-state index in [9.17, 15) is 8.42 Å². The van der Waals surface area contributed by atoms with Crippen LogP contribution in [0.25, 0.3) is 0 Å². The molecule has 6 nitrogen and oxygen atoms in total. The van der Waals surface area contributed by atoms with Gasteiger partial charge in [0.25, 0.3) is 0 Å². The van der Waals surface area contributed by atoms with Gasteiger partial charge >= 0.3 is 0 Å². The molecule has 120 valence electrons. The highest BCUT2D eigenvalue weighted by Gasteiger charge is 2.12. The molecule has 0 saturated carbocycles. The maximum Gasteiger partial charge on any atom is 0.240 e. The van der Waals surface area contributed by atoms with Gasteiger partial charge in [-0.15, -0.1) is 0 Å². The zero-order valence-corrected chi connectivity index (χ0v) is 13.4. The molecule has 1 rings (SSSR count). The van der Waals surface area contributed by atoms with E-state index in [-0.39, 0.29) is 11.4 Å². The van der Waals surface area contributed by atoms with Gasteiger partial charge in [-0.05, 0) is 30.7 Å². The van der Waals surface area contributed by atoms with Crippen molar-refractivity contribution in [2.45, 2.75) is 18.2 Å². The third-order valence-electron chi connectivity index (χ3n) is 2.71. The van der Waals surface area contributed by atoms with Crippen LogP contribution in [0.15, 0.2) is 29.2 Å². The Morgan fingerprint density at radius 2 is 1.76 bits per heavy atom. The van der Waals surface area contributed by atoms with Gasteiger partial charge in [0.05, 0.1) is 24.7 Å². The first-order chi connectivity index (χ1) is 10.1. The van der Waals surface area contributed by atoms with E-state index in [1.807, 2.05) is 0 Å². The van der Waals surface area contributed by atoms with E-state index in [0.717, 1.165) is 18.7 Å². The molecule has 0 aliphatic rings. The molecule has 0 aromatic heterocycles. The summed E-state index contributed by atoms with van der Waals surface area (Å²) in [6, 6.07) is 6.71. The SMILES string of the molecule is CCCNc1ccc(S(=O)(=O)NCCOCCOC)cc1. The molecule has 0 amide bonds. The van der Waals surface area contributed by atoms with Crippen LogP contribution in [-0.4, -0.2) is 48.4 Å². The second kappa shape index (κ2) is 9.73. The number of hydrogen-bond acceptors (Lipinski definition) is 5. The summed E-state index contributed by atoms with van der Waals surface area (Å²) in [5, 5.41) is 3.20. The quantitative estimate of drug-likeness (QED) is 0.604. The summed E-state index contributed by atoms with van der Waals surface area (Å²) < 4.78 is 36.6. The third kappa shape index (κ3) is 6.90. The normalized spacial score (nSPS) is 11.5. The predicted molar refractivity (Wildman–Crippen MR) is 83.1 cm³/mol. The molecule has 7 heteroatoms. The number of ether oxygens (including phenoxy) is 2. The van der Waals surface area contributed by atoms with E-state index in [0.29, 0.717) is 19.8 Å². The number of benzene rings is 1. The van der Waals surface area contributed by atoms with Crippen LogP contribution in [-0.2, 0) is 19.5 Å². The number of sulfonamides is 1. The molecule has 0 saturated heterocycles. The monoisotopic (exact) mass is 316 g/mol. The van der Waals surface area contributed by atoms with Crippen LogP contribution < -0.4 is 10.0 Å². The van der Waals surface area contributed by atoms with Crippen molar-refractivity contribution in [3.05, 3.63) is 24.3 Å². The van der Waals surface area contributed by atoms with Gasteiger partial charge in [0.15, 0.2) is 0 Å². The minimum absolute atomic E-state index is 0.238. The molecule has 0 fully saturated rings. The fourth-order valence-corrected chi connectivity index (χ4v) is 2.61. The van der Waals surface area contributed by atoms with E-state index < -0.39 is 10.0 Å². The van der Waals surface area contributed by atoms with Gasteiger partial charge < -0.3 is 14.8 Å². The van der Waals surface area contributed by atoms with Gasteiger partial charge in [0.1, 0.15) is 0 Å². The first-order valence-electron chi connectivity index (χ1n) is 7.00. The zero-order chi connectivity index (χ0) is 15.6. The molecular formula is C14H24N2O4S. The Hall–Kier alpha value is -1.15. The van der Waals surface area contributed by atoms with Gasteiger partial charge in [-0.3, -0.25) is 0 Å². The molecule has 2 N–H and O–H groups in total. The maximum absolute atomic E-state index is 12.0. The van der Waals surface area contributed by atoms with Crippen molar-refractivity contribution >= 4 is 15.7 Å². The summed E-state index contributed by atoms with van der Waals surface area (Å²) in [6.07, 6.45) is 1.02. The lowest BCUT2D eigenvalue weighted by molar-refractivity contribution is 0.0736. The lowest BCUT2D eigenvalue weighted by atomic mass is 10.3. The van der Waals surface area contributed by atoms with Crippen LogP contribution in [0.3, 0.4) is 0 Å². The first kappa shape index (κ1) is 17.9. The maximum atomic E-state index is 12.0. The van der Waals surface area contributed by atoms with Gasteiger partial charge in [0.2, 0.25) is 10.0 Å². The minimum atomic E-state index is -3.48. The standard InChI is InChI=1S/C14H24N2O4S/c1-3-8-15-13-4-6-14(7-5-13)21(17,18)16-9-10-20-12-11-19-2/h4-7,15-16H,3,8-12H2,1-2H3. The molecule has 1 aromatic carbocycles. The fraction of sp³-hybridized carbons (Fsp3) is 0.571. The van der Waals surface area contributed by atoms with Crippen molar-refractivity contribution in [1.29, 1.82) is 0 Å². The number of methoxy groups -OCH3 is 1. The number of nitrogens with one attached hydrogen (secondary N) is 2. The van der Waals surface area contributed by atoms with Crippen LogP contribution in [0.1, 0.15) is 13.3 Å². The number of anilines is 1. The predicted octanol–water partition coefficient (Wildman–Crippen LogP) is 1.45. The van der Waals surface area contributed by atoms with E-state index in [4.69, 9.17) is 9.47 Å². The van der Waals surface area contributed by atoms with Crippen molar-refractivity contribution in [3.63, 3.8) is 0 Å². The summed E-state index contributed by atoms with van der Waals surface area (Å²) in [7, 11) is -1.89. The molecular weight excluding hydrogens is 292 g/mol. The number of rotatable bonds is 11. The van der Waals surface area contributed by atoms with Gasteiger partial charge in [0, 0.05) is 25.9 Å². The minimum Gasteiger partial charge on any atom is -0.385 e. The Morgan fingerprint density at radius 3 is 2.38 bits per heavy atom. The Morgan fingerprint density at radius 1 is 1.05 bits per heavy atom. The van der Waals surface area contributed by atoms with Gasteiger partial charge in [-0.2, -0.15) is 0 Å². The Balaban J connectivity index is 2.42. The topological polar surface area (TPSA) is 76.7 Å². The summed E-state index contributed by atoms with van der Waals surface area (Å²) in [5.41, 5.74) is 0.915. The van der Waals surface area contributed by atoms with Crippen molar-refractivity contribution in [2.24, 2.45) is 0 Å². The second-order valence-corrected chi connectivity index (χ2v) is 6.22. The third-order valence-corrected chi connectivity index (χ3v) is 4.19. The smallest absolute Gasteiger partial charge is 0.240 e. The van der Waals surface area contributed by atoms with Crippen LogP contribution >= 0.6 is 0 Å². The molecule has 0 heterocycles. The lowest BCUT2D eigenvalue weighted by Gasteiger charge is -2.09. The van der Waals surface area contributed by atoms with Crippen LogP contribution in [0.4, 0.5) is 5.69 Å². The molecule has 0 aliphatic carbocycles. The highest BCUT2D eigenvalue weighted by molar-refractivity contribution is 7.89.